The number of alkyl halides is 2. The number of aromatic nitrogens is 1. The van der Waals surface area contributed by atoms with E-state index in [-0.39, 0.29) is 29.6 Å². The zero-order chi connectivity index (χ0) is 13.0. The third kappa shape index (κ3) is 3.52. The molecular formula is C10H11ClF2N2O2. The summed E-state index contributed by atoms with van der Waals surface area (Å²) in [5.41, 5.74) is 4.62. The first-order valence-electron chi connectivity index (χ1n) is 4.84. The summed E-state index contributed by atoms with van der Waals surface area (Å²) in [6.07, 6.45) is -3.19. The minimum absolute atomic E-state index is 0.0359. The maximum atomic E-state index is 12.7. The molecule has 0 aliphatic rings. The molecule has 0 radical (unpaired) electrons. The van der Waals surface area contributed by atoms with E-state index in [1.54, 1.807) is 6.92 Å². The minimum atomic E-state index is -2.82. The van der Waals surface area contributed by atoms with Gasteiger partial charge in [-0.05, 0) is 13.0 Å². The molecule has 0 unspecified atom stereocenters. The third-order valence-electron chi connectivity index (χ3n) is 1.97. The van der Waals surface area contributed by atoms with Gasteiger partial charge >= 0.3 is 5.97 Å². The van der Waals surface area contributed by atoms with E-state index in [1.165, 1.54) is 0 Å². The van der Waals surface area contributed by atoms with Crippen LogP contribution in [-0.4, -0.2) is 17.6 Å². The van der Waals surface area contributed by atoms with Crippen molar-refractivity contribution in [2.24, 2.45) is 0 Å². The van der Waals surface area contributed by atoms with Crippen LogP contribution in [0.4, 0.5) is 14.5 Å². The first-order valence-corrected chi connectivity index (χ1v) is 5.22. The highest BCUT2D eigenvalue weighted by Gasteiger charge is 2.21. The van der Waals surface area contributed by atoms with E-state index in [4.69, 9.17) is 17.3 Å². The molecule has 0 saturated carbocycles. The Kier molecular flexibility index (Phi) is 4.62. The van der Waals surface area contributed by atoms with Crippen molar-refractivity contribution < 1.29 is 18.3 Å². The molecule has 94 valence electrons. The Morgan fingerprint density at radius 1 is 1.65 bits per heavy atom. The number of ether oxygens (including phenoxy) is 1. The molecule has 17 heavy (non-hydrogen) atoms. The van der Waals surface area contributed by atoms with E-state index in [2.05, 4.69) is 9.72 Å². The van der Waals surface area contributed by atoms with E-state index in [0.717, 1.165) is 6.07 Å². The number of hydrogen-bond acceptors (Lipinski definition) is 4. The van der Waals surface area contributed by atoms with E-state index >= 15 is 0 Å². The molecule has 0 atom stereocenters. The van der Waals surface area contributed by atoms with Crippen molar-refractivity contribution in [1.82, 2.24) is 4.98 Å². The van der Waals surface area contributed by atoms with Crippen molar-refractivity contribution in [3.05, 3.63) is 22.5 Å². The number of pyridine rings is 1. The second-order valence-corrected chi connectivity index (χ2v) is 3.56. The second kappa shape index (κ2) is 5.77. The maximum Gasteiger partial charge on any atom is 0.311 e. The average molecular weight is 265 g/mol. The van der Waals surface area contributed by atoms with Crippen LogP contribution < -0.4 is 5.73 Å². The normalized spacial score (nSPS) is 10.6. The quantitative estimate of drug-likeness (QED) is 0.670. The fraction of sp³-hybridized carbons (Fsp3) is 0.400. The monoisotopic (exact) mass is 264 g/mol. The average Bonchev–Trinajstić information content (AvgIpc) is 2.15. The molecule has 0 aromatic carbocycles. The van der Waals surface area contributed by atoms with Crippen LogP contribution in [-0.2, 0) is 16.0 Å². The van der Waals surface area contributed by atoms with E-state index in [9.17, 15) is 13.6 Å². The van der Waals surface area contributed by atoms with Crippen LogP contribution in [0.3, 0.4) is 0 Å². The van der Waals surface area contributed by atoms with Gasteiger partial charge in [0, 0.05) is 5.69 Å². The summed E-state index contributed by atoms with van der Waals surface area (Å²) >= 11 is 5.60. The highest BCUT2D eigenvalue weighted by molar-refractivity contribution is 6.29. The molecule has 0 saturated heterocycles. The van der Waals surface area contributed by atoms with Gasteiger partial charge in [0.25, 0.3) is 6.43 Å². The lowest BCUT2D eigenvalue weighted by molar-refractivity contribution is -0.142. The Balaban J connectivity index is 3.08. The van der Waals surface area contributed by atoms with Crippen molar-refractivity contribution in [2.75, 3.05) is 12.3 Å². The second-order valence-electron chi connectivity index (χ2n) is 3.18. The van der Waals surface area contributed by atoms with Gasteiger partial charge in [0.05, 0.1) is 24.3 Å². The fourth-order valence-electron chi connectivity index (χ4n) is 1.33. The molecule has 2 N–H and O–H groups in total. The minimum Gasteiger partial charge on any atom is -0.466 e. The van der Waals surface area contributed by atoms with Crippen LogP contribution in [0.5, 0.6) is 0 Å². The Morgan fingerprint density at radius 2 is 2.29 bits per heavy atom. The van der Waals surface area contributed by atoms with Gasteiger partial charge < -0.3 is 10.5 Å². The lowest BCUT2D eigenvalue weighted by Crippen LogP contribution is -2.12. The number of hydrogen-bond donors (Lipinski definition) is 1. The van der Waals surface area contributed by atoms with Gasteiger partial charge in [-0.2, -0.15) is 0 Å². The van der Waals surface area contributed by atoms with E-state index < -0.39 is 18.0 Å². The predicted molar refractivity (Wildman–Crippen MR) is 59.0 cm³/mol. The van der Waals surface area contributed by atoms with Crippen LogP contribution in [0.1, 0.15) is 24.6 Å². The molecule has 0 amide bonds. The summed E-state index contributed by atoms with van der Waals surface area (Å²) < 4.78 is 30.1. The number of carbonyl (C=O) groups excluding carboxylic acids is 1. The molecule has 1 aromatic rings. The van der Waals surface area contributed by atoms with Crippen LogP contribution in [0.2, 0.25) is 5.15 Å². The van der Waals surface area contributed by atoms with Crippen molar-refractivity contribution in [3.63, 3.8) is 0 Å². The number of esters is 1. The summed E-state index contributed by atoms with van der Waals surface area (Å²) in [4.78, 5) is 14.9. The molecule has 0 bridgehead atoms. The highest BCUT2D eigenvalue weighted by atomic mass is 35.5. The molecule has 7 heteroatoms. The van der Waals surface area contributed by atoms with Crippen molar-refractivity contribution in [2.45, 2.75) is 19.8 Å². The van der Waals surface area contributed by atoms with Gasteiger partial charge in [-0.1, -0.05) is 11.6 Å². The predicted octanol–water partition coefficient (Wildman–Crippen LogP) is 2.36. The molecule has 1 heterocycles. The number of rotatable bonds is 4. The SMILES string of the molecule is CCOC(=O)Cc1nc(Cl)cc(N)c1C(F)F. The molecule has 1 rings (SSSR count). The van der Waals surface area contributed by atoms with E-state index in [1.807, 2.05) is 0 Å². The lowest BCUT2D eigenvalue weighted by atomic mass is 10.1. The fourth-order valence-corrected chi connectivity index (χ4v) is 1.55. The first-order chi connectivity index (χ1) is 7.95. The summed E-state index contributed by atoms with van der Waals surface area (Å²) in [5, 5.41) is -0.0359. The Labute approximate surface area is 102 Å². The smallest absolute Gasteiger partial charge is 0.311 e. The molecule has 0 aliphatic heterocycles. The van der Waals surface area contributed by atoms with Crippen molar-refractivity contribution >= 4 is 23.3 Å². The van der Waals surface area contributed by atoms with Crippen LogP contribution in [0.15, 0.2) is 6.07 Å². The number of nitrogen functional groups attached to an aromatic ring is 1. The Hall–Kier alpha value is -1.43. The number of nitrogens with zero attached hydrogens (tertiary/aromatic N) is 1. The zero-order valence-corrected chi connectivity index (χ0v) is 9.80. The zero-order valence-electron chi connectivity index (χ0n) is 9.04. The topological polar surface area (TPSA) is 65.2 Å². The van der Waals surface area contributed by atoms with E-state index in [0.29, 0.717) is 0 Å². The summed E-state index contributed by atoms with van der Waals surface area (Å²) in [7, 11) is 0. The molecule has 0 aliphatic carbocycles. The van der Waals surface area contributed by atoms with Crippen molar-refractivity contribution in [3.8, 4) is 0 Å². The lowest BCUT2D eigenvalue weighted by Gasteiger charge is -2.10. The van der Waals surface area contributed by atoms with Gasteiger partial charge in [-0.25, -0.2) is 13.8 Å². The number of carbonyl (C=O) groups is 1. The van der Waals surface area contributed by atoms with Crippen LogP contribution >= 0.6 is 11.6 Å². The molecule has 0 spiro atoms. The highest BCUT2D eigenvalue weighted by Crippen LogP contribution is 2.30. The summed E-state index contributed by atoms with van der Waals surface area (Å²) in [5.74, 6) is -0.649. The van der Waals surface area contributed by atoms with Gasteiger partial charge in [-0.3, -0.25) is 4.79 Å². The third-order valence-corrected chi connectivity index (χ3v) is 2.17. The molecular weight excluding hydrogens is 254 g/mol. The van der Waals surface area contributed by atoms with Gasteiger partial charge in [0.15, 0.2) is 0 Å². The summed E-state index contributed by atoms with van der Waals surface area (Å²) in [6, 6.07) is 1.12. The molecule has 0 fully saturated rings. The molecule has 1 aromatic heterocycles. The Bertz CT molecular complexity index is 427. The number of nitrogens with two attached hydrogens (primary N) is 1. The Morgan fingerprint density at radius 3 is 2.82 bits per heavy atom. The first kappa shape index (κ1) is 13.6. The standard InChI is InChI=1S/C10H11ClF2N2O2/c1-2-17-8(16)4-6-9(10(12)13)5(14)3-7(11)15-6/h3,10H,2,4H2,1H3,(H2,14,15). The van der Waals surface area contributed by atoms with Crippen LogP contribution in [0, 0.1) is 0 Å². The largest absolute Gasteiger partial charge is 0.466 e. The maximum absolute atomic E-state index is 12.7. The van der Waals surface area contributed by atoms with Gasteiger partial charge in [-0.15, -0.1) is 0 Å². The van der Waals surface area contributed by atoms with Gasteiger partial charge in [0.2, 0.25) is 0 Å². The number of halogens is 3. The molecule has 4 nitrogen and oxygen atoms in total. The van der Waals surface area contributed by atoms with Crippen molar-refractivity contribution in [1.29, 1.82) is 0 Å². The summed E-state index contributed by atoms with van der Waals surface area (Å²) in [6.45, 7) is 1.78. The van der Waals surface area contributed by atoms with Crippen LogP contribution in [0.25, 0.3) is 0 Å². The van der Waals surface area contributed by atoms with Gasteiger partial charge in [0.1, 0.15) is 5.15 Å². The number of anilines is 1.